The summed E-state index contributed by atoms with van der Waals surface area (Å²) in [6, 6.07) is 4.30. The van der Waals surface area contributed by atoms with Crippen molar-refractivity contribution in [3.05, 3.63) is 52.4 Å². The molecule has 1 aliphatic rings. The second-order valence-corrected chi connectivity index (χ2v) is 6.04. The molecule has 0 aliphatic heterocycles. The number of hydrogen-bond acceptors (Lipinski definition) is 5. The first-order chi connectivity index (χ1) is 11.7. The van der Waals surface area contributed by atoms with Crippen LogP contribution in [-0.4, -0.2) is 24.7 Å². The molecule has 3 heterocycles. The van der Waals surface area contributed by atoms with Gasteiger partial charge in [0.1, 0.15) is 23.4 Å². The van der Waals surface area contributed by atoms with Crippen LogP contribution < -0.4 is 5.56 Å². The normalized spacial score (nSPS) is 14.7. The average molecular weight is 325 g/mol. The summed E-state index contributed by atoms with van der Waals surface area (Å²) in [6.45, 7) is 0.158. The van der Waals surface area contributed by atoms with Crippen molar-refractivity contribution in [2.24, 2.45) is 0 Å². The maximum atomic E-state index is 13.4. The molecular formula is C16H12FN5O2. The lowest BCUT2D eigenvalue weighted by atomic mass is 10.2. The van der Waals surface area contributed by atoms with Gasteiger partial charge >= 0.3 is 0 Å². The van der Waals surface area contributed by atoms with Crippen molar-refractivity contribution in [3.63, 3.8) is 0 Å². The molecule has 0 amide bonds. The first kappa shape index (κ1) is 13.4. The molecule has 1 aromatic carbocycles. The first-order valence-electron chi connectivity index (χ1n) is 7.68. The SMILES string of the molecule is O=c1c2[nH]c3ccc(F)cc3c2ncn1Cc1nc(C2CC2)no1. The third-order valence-electron chi connectivity index (χ3n) is 4.27. The van der Waals surface area contributed by atoms with Crippen molar-refractivity contribution in [1.82, 2.24) is 24.7 Å². The molecule has 8 heteroatoms. The van der Waals surface area contributed by atoms with Crippen molar-refractivity contribution in [2.75, 3.05) is 0 Å². The molecule has 7 nitrogen and oxygen atoms in total. The number of rotatable bonds is 3. The minimum atomic E-state index is -0.368. The Kier molecular flexibility index (Phi) is 2.64. The summed E-state index contributed by atoms with van der Waals surface area (Å²) >= 11 is 0. The molecule has 1 fully saturated rings. The van der Waals surface area contributed by atoms with Gasteiger partial charge in [-0.2, -0.15) is 4.98 Å². The van der Waals surface area contributed by atoms with E-state index < -0.39 is 0 Å². The number of fused-ring (bicyclic) bond motifs is 3. The zero-order valence-electron chi connectivity index (χ0n) is 12.5. The highest BCUT2D eigenvalue weighted by molar-refractivity contribution is 6.04. The minimum absolute atomic E-state index is 0.158. The van der Waals surface area contributed by atoms with Gasteiger partial charge in [-0.05, 0) is 31.0 Å². The number of nitrogens with zero attached hydrogens (tertiary/aromatic N) is 4. The number of nitrogens with one attached hydrogen (secondary N) is 1. The van der Waals surface area contributed by atoms with Gasteiger partial charge in [-0.15, -0.1) is 0 Å². The second-order valence-electron chi connectivity index (χ2n) is 6.04. The quantitative estimate of drug-likeness (QED) is 0.624. The fourth-order valence-electron chi connectivity index (χ4n) is 2.86. The van der Waals surface area contributed by atoms with Crippen LogP contribution in [0.1, 0.15) is 30.5 Å². The van der Waals surface area contributed by atoms with E-state index in [-0.39, 0.29) is 17.9 Å². The number of benzene rings is 1. The van der Waals surface area contributed by atoms with Crippen molar-refractivity contribution in [3.8, 4) is 0 Å². The van der Waals surface area contributed by atoms with Crippen molar-refractivity contribution in [2.45, 2.75) is 25.3 Å². The van der Waals surface area contributed by atoms with E-state index in [4.69, 9.17) is 4.52 Å². The van der Waals surface area contributed by atoms with Gasteiger partial charge in [0, 0.05) is 16.8 Å². The molecule has 24 heavy (non-hydrogen) atoms. The Labute approximate surface area is 134 Å². The summed E-state index contributed by atoms with van der Waals surface area (Å²) < 4.78 is 20.0. The summed E-state index contributed by atoms with van der Waals surface area (Å²) in [5, 5.41) is 4.53. The number of aromatic amines is 1. The van der Waals surface area contributed by atoms with Crippen LogP contribution in [0, 0.1) is 5.82 Å². The van der Waals surface area contributed by atoms with Gasteiger partial charge in [-0.3, -0.25) is 9.36 Å². The van der Waals surface area contributed by atoms with Crippen molar-refractivity contribution < 1.29 is 8.91 Å². The Balaban J connectivity index is 1.59. The molecule has 0 radical (unpaired) electrons. The molecule has 0 unspecified atom stereocenters. The summed E-state index contributed by atoms with van der Waals surface area (Å²) in [6.07, 6.45) is 3.58. The van der Waals surface area contributed by atoms with Gasteiger partial charge in [0.25, 0.3) is 5.56 Å². The largest absolute Gasteiger partial charge is 0.349 e. The lowest BCUT2D eigenvalue weighted by Crippen LogP contribution is -2.21. The van der Waals surface area contributed by atoms with Gasteiger partial charge in [0.05, 0.1) is 6.33 Å². The fourth-order valence-corrected chi connectivity index (χ4v) is 2.86. The van der Waals surface area contributed by atoms with Crippen LogP contribution in [0.3, 0.4) is 0 Å². The van der Waals surface area contributed by atoms with E-state index in [1.54, 1.807) is 6.07 Å². The third-order valence-corrected chi connectivity index (χ3v) is 4.27. The highest BCUT2D eigenvalue weighted by Gasteiger charge is 2.28. The van der Waals surface area contributed by atoms with Crippen LogP contribution in [0.4, 0.5) is 4.39 Å². The van der Waals surface area contributed by atoms with Crippen LogP contribution in [0.25, 0.3) is 21.9 Å². The fraction of sp³-hybridized carbons (Fsp3) is 0.250. The molecule has 0 bridgehead atoms. The van der Waals surface area contributed by atoms with E-state index in [1.807, 2.05) is 0 Å². The highest BCUT2D eigenvalue weighted by Crippen LogP contribution is 2.38. The smallest absolute Gasteiger partial charge is 0.278 e. The number of aromatic nitrogens is 5. The lowest BCUT2D eigenvalue weighted by molar-refractivity contribution is 0.364. The number of halogens is 1. The van der Waals surface area contributed by atoms with Gasteiger partial charge in [-0.1, -0.05) is 5.16 Å². The summed E-state index contributed by atoms with van der Waals surface area (Å²) in [5.41, 5.74) is 1.19. The first-order valence-corrected chi connectivity index (χ1v) is 7.68. The molecular weight excluding hydrogens is 313 g/mol. The van der Waals surface area contributed by atoms with E-state index in [0.717, 1.165) is 12.8 Å². The maximum absolute atomic E-state index is 13.4. The Morgan fingerprint density at radius 1 is 1.38 bits per heavy atom. The molecule has 3 aromatic heterocycles. The minimum Gasteiger partial charge on any atom is -0.349 e. The second kappa shape index (κ2) is 4.73. The van der Waals surface area contributed by atoms with Crippen LogP contribution >= 0.6 is 0 Å². The lowest BCUT2D eigenvalue weighted by Gasteiger charge is -2.00. The predicted molar refractivity (Wildman–Crippen MR) is 83.2 cm³/mol. The summed E-state index contributed by atoms with van der Waals surface area (Å²) in [7, 11) is 0. The number of hydrogen-bond donors (Lipinski definition) is 1. The molecule has 1 aliphatic carbocycles. The Hall–Kier alpha value is -3.03. The highest BCUT2D eigenvalue weighted by atomic mass is 19.1. The zero-order valence-corrected chi connectivity index (χ0v) is 12.5. The van der Waals surface area contributed by atoms with E-state index >= 15 is 0 Å². The summed E-state index contributed by atoms with van der Waals surface area (Å²) in [5.74, 6) is 1.10. The van der Waals surface area contributed by atoms with Crippen molar-refractivity contribution >= 4 is 21.9 Å². The molecule has 120 valence electrons. The molecule has 0 atom stereocenters. The monoisotopic (exact) mass is 325 g/mol. The predicted octanol–water partition coefficient (Wildman–Crippen LogP) is 2.33. The van der Waals surface area contributed by atoms with Crippen molar-refractivity contribution in [1.29, 1.82) is 0 Å². The molecule has 0 spiro atoms. The van der Waals surface area contributed by atoms with E-state index in [0.29, 0.717) is 39.6 Å². The molecule has 1 N–H and O–H groups in total. The van der Waals surface area contributed by atoms with Crippen LogP contribution in [0.5, 0.6) is 0 Å². The maximum Gasteiger partial charge on any atom is 0.278 e. The van der Waals surface area contributed by atoms with E-state index in [1.165, 1.54) is 23.0 Å². The van der Waals surface area contributed by atoms with E-state index in [9.17, 15) is 9.18 Å². The van der Waals surface area contributed by atoms with Gasteiger partial charge in [-0.25, -0.2) is 9.37 Å². The third kappa shape index (κ3) is 2.03. The standard InChI is InChI=1S/C16H12FN5O2/c17-9-3-4-11-10(5-9)13-14(19-11)16(23)22(7-18-13)6-12-20-15(21-24-12)8-1-2-8/h3-5,7-8,19H,1-2,6H2. The van der Waals surface area contributed by atoms with Crippen LogP contribution in [-0.2, 0) is 6.54 Å². The van der Waals surface area contributed by atoms with Gasteiger partial charge in [0.2, 0.25) is 5.89 Å². The van der Waals surface area contributed by atoms with Gasteiger partial charge in [0.15, 0.2) is 5.82 Å². The number of H-pyrrole nitrogens is 1. The topological polar surface area (TPSA) is 89.6 Å². The van der Waals surface area contributed by atoms with E-state index in [2.05, 4.69) is 20.1 Å². The molecule has 5 rings (SSSR count). The average Bonchev–Trinajstić information content (AvgIpc) is 3.21. The zero-order chi connectivity index (χ0) is 16.3. The Bertz CT molecular complexity index is 1140. The van der Waals surface area contributed by atoms with Crippen LogP contribution in [0.2, 0.25) is 0 Å². The van der Waals surface area contributed by atoms with Crippen LogP contribution in [0.15, 0.2) is 33.8 Å². The summed E-state index contributed by atoms with van der Waals surface area (Å²) in [4.78, 5) is 24.3. The molecule has 0 saturated heterocycles. The Morgan fingerprint density at radius 3 is 3.08 bits per heavy atom. The Morgan fingerprint density at radius 2 is 2.25 bits per heavy atom. The molecule has 4 aromatic rings. The molecule has 1 saturated carbocycles. The van der Waals surface area contributed by atoms with Gasteiger partial charge < -0.3 is 9.51 Å².